The van der Waals surface area contributed by atoms with Crippen LogP contribution in [0.15, 0.2) is 43.0 Å². The molecule has 2 rings (SSSR count). The lowest BCUT2D eigenvalue weighted by atomic mass is 9.98. The van der Waals surface area contributed by atoms with Crippen LogP contribution in [0, 0.1) is 5.92 Å². The van der Waals surface area contributed by atoms with Gasteiger partial charge in [0.15, 0.2) is 0 Å². The van der Waals surface area contributed by atoms with E-state index < -0.39 is 6.10 Å². The first kappa shape index (κ1) is 12.7. The van der Waals surface area contributed by atoms with Crippen molar-refractivity contribution in [2.45, 2.75) is 26.4 Å². The fourth-order valence-electron chi connectivity index (χ4n) is 1.95. The Morgan fingerprint density at radius 2 is 1.61 bits per heavy atom. The second kappa shape index (κ2) is 5.74. The highest BCUT2D eigenvalue weighted by Gasteiger charge is 2.10. The molecule has 0 spiro atoms. The molecule has 1 aromatic carbocycles. The summed E-state index contributed by atoms with van der Waals surface area (Å²) in [5.41, 5.74) is 2.89. The van der Waals surface area contributed by atoms with Crippen LogP contribution < -0.4 is 0 Å². The summed E-state index contributed by atoms with van der Waals surface area (Å²) in [7, 11) is 0. The molecule has 1 atom stereocenters. The van der Waals surface area contributed by atoms with E-state index in [0.29, 0.717) is 11.5 Å². The predicted octanol–water partition coefficient (Wildman–Crippen LogP) is 2.76. The van der Waals surface area contributed by atoms with Crippen molar-refractivity contribution in [3.63, 3.8) is 0 Å². The van der Waals surface area contributed by atoms with Crippen molar-refractivity contribution in [1.29, 1.82) is 0 Å². The van der Waals surface area contributed by atoms with Crippen molar-refractivity contribution in [3.05, 3.63) is 59.7 Å². The van der Waals surface area contributed by atoms with Gasteiger partial charge in [-0.25, -0.2) is 9.97 Å². The fourth-order valence-corrected chi connectivity index (χ4v) is 1.95. The van der Waals surface area contributed by atoms with Gasteiger partial charge >= 0.3 is 0 Å². The average molecular weight is 242 g/mol. The van der Waals surface area contributed by atoms with Crippen molar-refractivity contribution < 1.29 is 5.11 Å². The molecule has 0 aliphatic carbocycles. The van der Waals surface area contributed by atoms with E-state index in [1.54, 1.807) is 12.4 Å². The Hall–Kier alpha value is -1.74. The Bertz CT molecular complexity index is 480. The first-order chi connectivity index (χ1) is 8.66. The van der Waals surface area contributed by atoms with Crippen molar-refractivity contribution in [1.82, 2.24) is 9.97 Å². The maximum absolute atomic E-state index is 10.2. The van der Waals surface area contributed by atoms with Crippen LogP contribution in [0.2, 0.25) is 0 Å². The van der Waals surface area contributed by atoms with Crippen molar-refractivity contribution in [2.24, 2.45) is 5.92 Å². The summed E-state index contributed by atoms with van der Waals surface area (Å²) in [5, 5.41) is 10.2. The quantitative estimate of drug-likeness (QED) is 0.896. The minimum Gasteiger partial charge on any atom is -0.384 e. The number of nitrogens with zero attached hydrogens (tertiary/aromatic N) is 2. The lowest BCUT2D eigenvalue weighted by Crippen LogP contribution is -2.01. The number of aliphatic hydroxyl groups excluding tert-OH is 1. The van der Waals surface area contributed by atoms with Crippen LogP contribution in [-0.2, 0) is 6.42 Å². The molecule has 0 saturated carbocycles. The molecule has 3 nitrogen and oxygen atoms in total. The van der Waals surface area contributed by atoms with Crippen LogP contribution in [0.25, 0.3) is 0 Å². The van der Waals surface area contributed by atoms with Gasteiger partial charge in [0.05, 0.1) is 0 Å². The Morgan fingerprint density at radius 3 is 2.17 bits per heavy atom. The van der Waals surface area contributed by atoms with Gasteiger partial charge in [-0.15, -0.1) is 0 Å². The summed E-state index contributed by atoms with van der Waals surface area (Å²) in [4.78, 5) is 7.83. The molecule has 2 aromatic rings. The van der Waals surface area contributed by atoms with Gasteiger partial charge in [-0.3, -0.25) is 0 Å². The Labute approximate surface area is 108 Å². The zero-order valence-electron chi connectivity index (χ0n) is 10.7. The van der Waals surface area contributed by atoms with E-state index in [-0.39, 0.29) is 0 Å². The zero-order valence-corrected chi connectivity index (χ0v) is 10.7. The second-order valence-electron chi connectivity index (χ2n) is 4.91. The van der Waals surface area contributed by atoms with Crippen LogP contribution in [0.5, 0.6) is 0 Å². The smallest absolute Gasteiger partial charge is 0.115 e. The number of hydrogen-bond acceptors (Lipinski definition) is 3. The molecule has 0 radical (unpaired) electrons. The van der Waals surface area contributed by atoms with Gasteiger partial charge in [0.1, 0.15) is 12.4 Å². The van der Waals surface area contributed by atoms with E-state index in [4.69, 9.17) is 0 Å². The largest absolute Gasteiger partial charge is 0.384 e. The topological polar surface area (TPSA) is 46.0 Å². The highest BCUT2D eigenvalue weighted by molar-refractivity contribution is 5.29. The molecular weight excluding hydrogens is 224 g/mol. The second-order valence-corrected chi connectivity index (χ2v) is 4.91. The molecule has 3 heteroatoms. The fraction of sp³-hybridized carbons (Fsp3) is 0.333. The molecule has 0 aliphatic rings. The molecule has 1 aromatic heterocycles. The van der Waals surface area contributed by atoms with Crippen LogP contribution in [0.3, 0.4) is 0 Å². The van der Waals surface area contributed by atoms with Crippen molar-refractivity contribution in [2.75, 3.05) is 0 Å². The molecule has 18 heavy (non-hydrogen) atoms. The number of hydrogen-bond donors (Lipinski definition) is 1. The minimum absolute atomic E-state index is 0.642. The third kappa shape index (κ3) is 3.14. The Balaban J connectivity index is 2.14. The summed E-state index contributed by atoms with van der Waals surface area (Å²) in [6.07, 6.45) is 5.14. The molecule has 0 fully saturated rings. The van der Waals surface area contributed by atoms with Crippen LogP contribution in [0.1, 0.15) is 36.6 Å². The molecule has 1 unspecified atom stereocenters. The maximum atomic E-state index is 10.2. The molecule has 1 heterocycles. The normalized spacial score (nSPS) is 12.7. The first-order valence-corrected chi connectivity index (χ1v) is 6.18. The highest BCUT2D eigenvalue weighted by atomic mass is 16.3. The molecule has 0 bridgehead atoms. The lowest BCUT2D eigenvalue weighted by molar-refractivity contribution is 0.219. The number of aliphatic hydroxyl groups is 1. The van der Waals surface area contributed by atoms with Crippen LogP contribution in [-0.4, -0.2) is 15.1 Å². The van der Waals surface area contributed by atoms with Gasteiger partial charge < -0.3 is 5.11 Å². The molecule has 94 valence electrons. The highest BCUT2D eigenvalue weighted by Crippen LogP contribution is 2.21. The first-order valence-electron chi connectivity index (χ1n) is 6.18. The van der Waals surface area contributed by atoms with E-state index in [1.807, 2.05) is 12.1 Å². The van der Waals surface area contributed by atoms with Crippen LogP contribution >= 0.6 is 0 Å². The number of rotatable bonds is 4. The maximum Gasteiger partial charge on any atom is 0.115 e. The van der Waals surface area contributed by atoms with E-state index in [9.17, 15) is 5.11 Å². The standard InChI is InChI=1S/C15H18N2O/c1-11(2)7-12-3-5-13(6-4-12)15(18)14-8-16-10-17-9-14/h3-6,8-11,15,18H,7H2,1-2H3. The van der Waals surface area contributed by atoms with E-state index in [0.717, 1.165) is 12.0 Å². The Morgan fingerprint density at radius 1 is 1.00 bits per heavy atom. The van der Waals surface area contributed by atoms with Crippen LogP contribution in [0.4, 0.5) is 0 Å². The summed E-state index contributed by atoms with van der Waals surface area (Å²) in [5.74, 6) is 0.642. The summed E-state index contributed by atoms with van der Waals surface area (Å²) in [6, 6.07) is 8.08. The lowest BCUT2D eigenvalue weighted by Gasteiger charge is -2.11. The average Bonchev–Trinajstić information content (AvgIpc) is 2.39. The van der Waals surface area contributed by atoms with Gasteiger partial charge in [0.25, 0.3) is 0 Å². The third-order valence-electron chi connectivity index (χ3n) is 2.84. The minimum atomic E-state index is -0.653. The van der Waals surface area contributed by atoms with Gasteiger partial charge in [-0.1, -0.05) is 38.1 Å². The van der Waals surface area contributed by atoms with Gasteiger partial charge in [0.2, 0.25) is 0 Å². The summed E-state index contributed by atoms with van der Waals surface area (Å²) < 4.78 is 0. The molecule has 0 saturated heterocycles. The van der Waals surface area contributed by atoms with E-state index in [2.05, 4.69) is 35.9 Å². The number of aromatic nitrogens is 2. The molecule has 1 N–H and O–H groups in total. The van der Waals surface area contributed by atoms with E-state index in [1.165, 1.54) is 11.9 Å². The van der Waals surface area contributed by atoms with Gasteiger partial charge in [0, 0.05) is 18.0 Å². The predicted molar refractivity (Wildman–Crippen MR) is 71.1 cm³/mol. The van der Waals surface area contributed by atoms with Crippen molar-refractivity contribution >= 4 is 0 Å². The third-order valence-corrected chi connectivity index (χ3v) is 2.84. The zero-order chi connectivity index (χ0) is 13.0. The van der Waals surface area contributed by atoms with E-state index >= 15 is 0 Å². The summed E-state index contributed by atoms with van der Waals surface area (Å²) in [6.45, 7) is 4.40. The monoisotopic (exact) mass is 242 g/mol. The SMILES string of the molecule is CC(C)Cc1ccc(C(O)c2cncnc2)cc1. The van der Waals surface area contributed by atoms with Gasteiger partial charge in [-0.2, -0.15) is 0 Å². The van der Waals surface area contributed by atoms with Gasteiger partial charge in [-0.05, 0) is 23.5 Å². The molecular formula is C15H18N2O. The Kier molecular flexibility index (Phi) is 4.05. The van der Waals surface area contributed by atoms with Crippen molar-refractivity contribution in [3.8, 4) is 0 Å². The number of benzene rings is 1. The molecule has 0 amide bonds. The molecule has 0 aliphatic heterocycles. The summed E-state index contributed by atoms with van der Waals surface area (Å²) >= 11 is 0.